The molecule has 3 unspecified atom stereocenters. The van der Waals surface area contributed by atoms with Gasteiger partial charge in [-0.25, -0.2) is 10.4 Å². The molecule has 1 saturated heterocycles. The number of hydrogen-bond acceptors (Lipinski definition) is 11. The molecule has 1 fully saturated rings. The smallest absolute Gasteiger partial charge is 0.321 e. The van der Waals surface area contributed by atoms with Gasteiger partial charge < -0.3 is 20.5 Å². The van der Waals surface area contributed by atoms with Gasteiger partial charge in [0, 0.05) is 13.0 Å². The number of carbonyl (C=O) groups excluding carboxylic acids is 1. The highest BCUT2D eigenvalue weighted by Gasteiger charge is 2.35. The zero-order valence-electron chi connectivity index (χ0n) is 17.0. The summed E-state index contributed by atoms with van der Waals surface area (Å²) >= 11 is 0. The summed E-state index contributed by atoms with van der Waals surface area (Å²) in [5.74, 6) is 0.587. The van der Waals surface area contributed by atoms with E-state index in [1.807, 2.05) is 4.57 Å². The molecule has 5 N–H and O–H groups in total. The predicted octanol–water partition coefficient (Wildman–Crippen LogP) is 0.351. The van der Waals surface area contributed by atoms with Crippen molar-refractivity contribution in [3.05, 3.63) is 6.33 Å². The van der Waals surface area contributed by atoms with Gasteiger partial charge >= 0.3 is 5.97 Å². The number of anilines is 2. The third kappa shape index (κ3) is 5.09. The minimum absolute atomic E-state index is 0.00131. The number of nitrogens with zero attached hydrogens (tertiary/aromatic N) is 4. The molecule has 12 heteroatoms. The lowest BCUT2D eigenvalue weighted by molar-refractivity contribution is -0.148. The zero-order chi connectivity index (χ0) is 21.0. The fraction of sp³-hybridized carbons (Fsp3) is 0.647. The van der Waals surface area contributed by atoms with Crippen LogP contribution in [0.2, 0.25) is 0 Å². The molecule has 0 saturated carbocycles. The van der Waals surface area contributed by atoms with Gasteiger partial charge in [-0.1, -0.05) is 6.92 Å². The van der Waals surface area contributed by atoms with Gasteiger partial charge in [0.2, 0.25) is 5.95 Å². The molecule has 0 amide bonds. The zero-order valence-corrected chi connectivity index (χ0v) is 17.0. The number of ether oxygens (including phenoxy) is 2. The number of rotatable bonds is 9. The molecule has 0 spiro atoms. The van der Waals surface area contributed by atoms with Crippen LogP contribution in [0.1, 0.15) is 33.4 Å². The van der Waals surface area contributed by atoms with E-state index < -0.39 is 0 Å². The van der Waals surface area contributed by atoms with E-state index in [0.717, 1.165) is 6.42 Å². The summed E-state index contributed by atoms with van der Waals surface area (Å²) in [4.78, 5) is 29.7. The van der Waals surface area contributed by atoms with Crippen molar-refractivity contribution in [3.8, 4) is 0 Å². The average molecular weight is 408 g/mol. The molecule has 1 aliphatic rings. The summed E-state index contributed by atoms with van der Waals surface area (Å²) in [6.45, 7) is 5.98. The van der Waals surface area contributed by atoms with Crippen molar-refractivity contribution in [3.63, 3.8) is 0 Å². The van der Waals surface area contributed by atoms with Crippen molar-refractivity contribution < 1.29 is 19.1 Å². The van der Waals surface area contributed by atoms with Crippen LogP contribution in [0.25, 0.3) is 11.2 Å². The highest BCUT2D eigenvalue weighted by atomic mass is 16.7. The summed E-state index contributed by atoms with van der Waals surface area (Å²) < 4.78 is 13.0. The lowest BCUT2D eigenvalue weighted by Gasteiger charge is -2.18. The molecular weight excluding hydrogens is 380 g/mol. The van der Waals surface area contributed by atoms with Gasteiger partial charge in [0.15, 0.2) is 17.0 Å². The minimum Gasteiger partial charge on any atom is -0.462 e. The molecule has 0 bridgehead atoms. The molecule has 3 heterocycles. The molecule has 160 valence electrons. The molecule has 2 aromatic rings. The number of esters is 1. The van der Waals surface area contributed by atoms with Crippen molar-refractivity contribution >= 4 is 28.9 Å². The van der Waals surface area contributed by atoms with Gasteiger partial charge in [-0.05, 0) is 20.3 Å². The van der Waals surface area contributed by atoms with Crippen molar-refractivity contribution in [1.29, 1.82) is 0 Å². The van der Waals surface area contributed by atoms with Crippen molar-refractivity contribution in [1.82, 2.24) is 30.5 Å². The number of nitrogen functional groups attached to an aromatic ring is 1. The molecule has 3 atom stereocenters. The van der Waals surface area contributed by atoms with Crippen molar-refractivity contribution in [2.75, 3.05) is 31.2 Å². The summed E-state index contributed by atoms with van der Waals surface area (Å²) in [5.41, 5.74) is 12.3. The number of nitrogens with one attached hydrogen (secondary N) is 3. The van der Waals surface area contributed by atoms with Gasteiger partial charge in [0.25, 0.3) is 0 Å². The highest BCUT2D eigenvalue weighted by Crippen LogP contribution is 2.36. The van der Waals surface area contributed by atoms with Crippen LogP contribution in [0.5, 0.6) is 0 Å². The van der Waals surface area contributed by atoms with Crippen molar-refractivity contribution in [2.45, 2.75) is 45.6 Å². The van der Waals surface area contributed by atoms with Crippen molar-refractivity contribution in [2.24, 2.45) is 5.92 Å². The maximum Gasteiger partial charge on any atom is 0.321 e. The predicted molar refractivity (Wildman–Crippen MR) is 105 cm³/mol. The van der Waals surface area contributed by atoms with E-state index in [9.17, 15) is 4.79 Å². The Hall–Kier alpha value is -2.54. The largest absolute Gasteiger partial charge is 0.462 e. The molecule has 1 aliphatic heterocycles. The van der Waals surface area contributed by atoms with Crippen LogP contribution in [0.15, 0.2) is 6.33 Å². The Morgan fingerprint density at radius 2 is 2.24 bits per heavy atom. The van der Waals surface area contributed by atoms with Crippen LogP contribution in [0.4, 0.5) is 11.8 Å². The van der Waals surface area contributed by atoms with E-state index in [1.165, 1.54) is 0 Å². The first-order chi connectivity index (χ1) is 13.9. The van der Waals surface area contributed by atoms with E-state index >= 15 is 0 Å². The molecule has 2 aromatic heterocycles. The lowest BCUT2D eigenvalue weighted by atomic mass is 10.1. The third-order valence-corrected chi connectivity index (χ3v) is 4.42. The minimum atomic E-state index is -0.365. The van der Waals surface area contributed by atoms with E-state index in [4.69, 9.17) is 20.0 Å². The van der Waals surface area contributed by atoms with Crippen LogP contribution in [-0.2, 0) is 19.1 Å². The number of fused-ring (bicyclic) bond motifs is 1. The van der Waals surface area contributed by atoms with Crippen LogP contribution in [0, 0.1) is 5.92 Å². The number of carbonyl (C=O) groups is 1. The Kier molecular flexibility index (Phi) is 6.79. The lowest BCUT2D eigenvalue weighted by Crippen LogP contribution is -2.39. The van der Waals surface area contributed by atoms with Gasteiger partial charge in [0.05, 0.1) is 25.1 Å². The average Bonchev–Trinajstić information content (AvgIpc) is 3.23. The molecule has 0 radical (unpaired) electrons. The highest BCUT2D eigenvalue weighted by molar-refractivity contribution is 5.84. The molecule has 0 aromatic carbocycles. The molecule has 29 heavy (non-hydrogen) atoms. The standard InChI is InChI=1S/C17H28N8O4/c1-9(2)28-12(26)6-21-24-27-7-11-5-10(3)16(29-11)25-8-20-13-14(19-4)22-17(18)23-15(13)25/h8-11,16,21,24H,5-7H2,1-4H3,(H3,18,19,22,23). The Balaban J connectivity index is 1.53. The first-order valence-corrected chi connectivity index (χ1v) is 9.51. The summed E-state index contributed by atoms with van der Waals surface area (Å²) in [6, 6.07) is 0. The van der Waals surface area contributed by atoms with Crippen LogP contribution < -0.4 is 22.1 Å². The number of aromatic nitrogens is 4. The van der Waals surface area contributed by atoms with Gasteiger partial charge in [0.1, 0.15) is 12.8 Å². The van der Waals surface area contributed by atoms with E-state index in [-0.39, 0.29) is 42.8 Å². The van der Waals surface area contributed by atoms with Gasteiger partial charge in [-0.2, -0.15) is 9.97 Å². The van der Waals surface area contributed by atoms with E-state index in [0.29, 0.717) is 23.6 Å². The van der Waals surface area contributed by atoms with E-state index in [2.05, 4.69) is 38.2 Å². The third-order valence-electron chi connectivity index (χ3n) is 4.42. The second-order valence-corrected chi connectivity index (χ2v) is 7.17. The normalized spacial score (nSPS) is 21.8. The fourth-order valence-electron chi connectivity index (χ4n) is 3.26. The summed E-state index contributed by atoms with van der Waals surface area (Å²) in [5, 5.41) is 2.98. The quantitative estimate of drug-likeness (QED) is 0.258. The van der Waals surface area contributed by atoms with Crippen LogP contribution in [-0.4, -0.2) is 57.9 Å². The summed E-state index contributed by atoms with van der Waals surface area (Å²) in [6.07, 6.45) is 1.94. The first-order valence-electron chi connectivity index (χ1n) is 9.51. The van der Waals surface area contributed by atoms with Crippen LogP contribution >= 0.6 is 0 Å². The summed E-state index contributed by atoms with van der Waals surface area (Å²) in [7, 11) is 1.76. The topological polar surface area (TPSA) is 150 Å². The number of hydrogen-bond donors (Lipinski definition) is 4. The first kappa shape index (κ1) is 21.2. The maximum absolute atomic E-state index is 11.4. The number of nitrogens with two attached hydrogens (primary N) is 1. The second kappa shape index (κ2) is 9.31. The molecular formula is C17H28N8O4. The SMILES string of the molecule is CNc1nc(N)nc2c1ncn2C1OC(CONNCC(=O)OC(C)C)CC1C. The van der Waals surface area contributed by atoms with E-state index in [1.54, 1.807) is 27.2 Å². The number of hydrazine groups is 1. The number of imidazole rings is 1. The molecule has 0 aliphatic carbocycles. The Bertz CT molecular complexity index is 842. The monoisotopic (exact) mass is 408 g/mol. The Labute approximate surface area is 168 Å². The van der Waals surface area contributed by atoms with Gasteiger partial charge in [-0.15, -0.1) is 5.59 Å². The fourth-order valence-corrected chi connectivity index (χ4v) is 3.26. The van der Waals surface area contributed by atoms with Gasteiger partial charge in [-0.3, -0.25) is 14.2 Å². The molecule has 3 rings (SSSR count). The molecule has 12 nitrogen and oxygen atoms in total. The Morgan fingerprint density at radius 1 is 1.45 bits per heavy atom. The maximum atomic E-state index is 11.4. The van der Waals surface area contributed by atoms with Crippen LogP contribution in [0.3, 0.4) is 0 Å². The second-order valence-electron chi connectivity index (χ2n) is 7.17. The Morgan fingerprint density at radius 3 is 2.97 bits per heavy atom.